The number of carbonyl (C=O) groups is 3. The number of rotatable bonds is 9. The summed E-state index contributed by atoms with van der Waals surface area (Å²) in [6.45, 7) is 24.8. The number of allylic oxidation sites excluding steroid dienone is 1. The second-order valence-corrected chi connectivity index (χ2v) is 19.0. The van der Waals surface area contributed by atoms with Crippen LogP contribution in [0.4, 0.5) is 0 Å². The Labute approximate surface area is 274 Å². The van der Waals surface area contributed by atoms with Crippen LogP contribution >= 0.6 is 0 Å². The molecule has 0 amide bonds. The van der Waals surface area contributed by atoms with Gasteiger partial charge in [-0.3, -0.25) is 9.59 Å². The van der Waals surface area contributed by atoms with E-state index in [0.29, 0.717) is 40.8 Å². The molecular formula is C40H64O5. The van der Waals surface area contributed by atoms with Crippen LogP contribution in [0.2, 0.25) is 0 Å². The summed E-state index contributed by atoms with van der Waals surface area (Å²) in [5, 5.41) is 9.30. The number of hydrogen-bond donors (Lipinski definition) is 1. The first kappa shape index (κ1) is 34.7. The Morgan fingerprint density at radius 2 is 1.51 bits per heavy atom. The van der Waals surface area contributed by atoms with E-state index in [2.05, 4.69) is 48.1 Å². The first-order valence-electron chi connectivity index (χ1n) is 18.3. The molecule has 0 heterocycles. The van der Waals surface area contributed by atoms with Crippen molar-refractivity contribution < 1.29 is 24.2 Å². The molecule has 0 saturated heterocycles. The van der Waals surface area contributed by atoms with Gasteiger partial charge in [0.2, 0.25) is 0 Å². The molecule has 10 atom stereocenters. The predicted molar refractivity (Wildman–Crippen MR) is 179 cm³/mol. The Hall–Kier alpha value is -1.65. The summed E-state index contributed by atoms with van der Waals surface area (Å²) in [6, 6.07) is 0. The van der Waals surface area contributed by atoms with Gasteiger partial charge in [0, 0.05) is 11.8 Å². The minimum atomic E-state index is -0.877. The molecule has 5 rings (SSSR count). The van der Waals surface area contributed by atoms with Crippen LogP contribution in [0, 0.1) is 62.1 Å². The fourth-order valence-corrected chi connectivity index (χ4v) is 13.4. The molecular weight excluding hydrogens is 560 g/mol. The molecule has 0 aliphatic heterocycles. The smallest absolute Gasteiger partial charge is 0.306 e. The van der Waals surface area contributed by atoms with Crippen LogP contribution < -0.4 is 0 Å². The summed E-state index contributed by atoms with van der Waals surface area (Å²) in [5.74, 6) is 2.24. The van der Waals surface area contributed by atoms with Crippen molar-refractivity contribution in [1.82, 2.24) is 0 Å². The number of carbonyl (C=O) groups excluding carboxylic acids is 2. The minimum Gasteiger partial charge on any atom is -0.481 e. The SMILES string of the molecule is C=C(C)[C@@H]1CC[C@]2(CCC(C)=O)CC[C@]3(C)[C@H](CC[C@@H]4[C@@]5(C)CC[C@H](OC(=O)CC(C)(C)CC(=O)O)C(C)(C)[C@@H]5CC[C@]43C)[C@@H]12. The van der Waals surface area contributed by atoms with E-state index in [1.54, 1.807) is 6.92 Å². The number of hydrogen-bond acceptors (Lipinski definition) is 4. The van der Waals surface area contributed by atoms with Gasteiger partial charge in [-0.25, -0.2) is 0 Å². The van der Waals surface area contributed by atoms with Crippen LogP contribution in [0.15, 0.2) is 12.2 Å². The van der Waals surface area contributed by atoms with Gasteiger partial charge in [0.15, 0.2) is 0 Å². The molecule has 0 spiro atoms. The Morgan fingerprint density at radius 1 is 0.822 bits per heavy atom. The second-order valence-electron chi connectivity index (χ2n) is 19.0. The van der Waals surface area contributed by atoms with Crippen molar-refractivity contribution in [2.75, 3.05) is 0 Å². The maximum Gasteiger partial charge on any atom is 0.306 e. The highest BCUT2D eigenvalue weighted by atomic mass is 16.5. The van der Waals surface area contributed by atoms with E-state index >= 15 is 0 Å². The van der Waals surface area contributed by atoms with Crippen molar-refractivity contribution in [3.05, 3.63) is 12.2 Å². The molecule has 5 heteroatoms. The van der Waals surface area contributed by atoms with E-state index in [0.717, 1.165) is 25.7 Å². The van der Waals surface area contributed by atoms with Crippen molar-refractivity contribution in [2.45, 2.75) is 158 Å². The van der Waals surface area contributed by atoms with E-state index < -0.39 is 11.4 Å². The second kappa shape index (κ2) is 11.5. The van der Waals surface area contributed by atoms with Gasteiger partial charge in [0.25, 0.3) is 0 Å². The summed E-state index contributed by atoms with van der Waals surface area (Å²) >= 11 is 0. The van der Waals surface area contributed by atoms with Crippen molar-refractivity contribution in [3.8, 4) is 0 Å². The summed E-state index contributed by atoms with van der Waals surface area (Å²) in [5.41, 5.74) is 1.63. The highest BCUT2D eigenvalue weighted by Gasteiger charge is 2.71. The molecule has 5 fully saturated rings. The number of ether oxygens (including phenoxy) is 1. The third kappa shape index (κ3) is 5.56. The lowest BCUT2D eigenvalue weighted by molar-refractivity contribution is -0.250. The maximum atomic E-state index is 13.1. The van der Waals surface area contributed by atoms with Gasteiger partial charge in [0.1, 0.15) is 11.9 Å². The van der Waals surface area contributed by atoms with Gasteiger partial charge in [-0.15, -0.1) is 0 Å². The van der Waals surface area contributed by atoms with Gasteiger partial charge in [-0.2, -0.15) is 0 Å². The van der Waals surface area contributed by atoms with E-state index in [-0.39, 0.29) is 46.6 Å². The maximum absolute atomic E-state index is 13.1. The number of fused-ring (bicyclic) bond motifs is 7. The molecule has 0 aromatic carbocycles. The quantitative estimate of drug-likeness (QED) is 0.204. The summed E-state index contributed by atoms with van der Waals surface area (Å²) < 4.78 is 6.25. The largest absolute Gasteiger partial charge is 0.481 e. The van der Waals surface area contributed by atoms with Gasteiger partial charge in [0.05, 0.1) is 12.8 Å². The van der Waals surface area contributed by atoms with Crippen LogP contribution in [0.25, 0.3) is 0 Å². The number of carboxylic acid groups (broad SMARTS) is 1. The van der Waals surface area contributed by atoms with Crippen LogP contribution in [0.3, 0.4) is 0 Å². The average Bonchev–Trinajstić information content (AvgIpc) is 3.29. The molecule has 5 nitrogen and oxygen atoms in total. The Morgan fingerprint density at radius 3 is 2.13 bits per heavy atom. The zero-order valence-electron chi connectivity index (χ0n) is 30.2. The predicted octanol–water partition coefficient (Wildman–Crippen LogP) is 9.82. The molecule has 0 bridgehead atoms. The molecule has 0 aromatic heterocycles. The molecule has 0 unspecified atom stereocenters. The lowest BCUT2D eigenvalue weighted by atomic mass is 9.32. The fraction of sp³-hybridized carbons (Fsp3) is 0.875. The third-order valence-electron chi connectivity index (χ3n) is 15.7. The normalized spacial score (nSPS) is 43.7. The highest BCUT2D eigenvalue weighted by Crippen LogP contribution is 2.78. The van der Waals surface area contributed by atoms with Crippen LogP contribution in [0.1, 0.15) is 152 Å². The molecule has 5 aliphatic rings. The first-order chi connectivity index (χ1) is 20.7. The third-order valence-corrected chi connectivity index (χ3v) is 15.7. The fourth-order valence-electron chi connectivity index (χ4n) is 13.4. The highest BCUT2D eigenvalue weighted by molar-refractivity contribution is 5.75. The number of esters is 1. The van der Waals surface area contributed by atoms with E-state index in [9.17, 15) is 19.5 Å². The zero-order valence-corrected chi connectivity index (χ0v) is 30.2. The lowest BCUT2D eigenvalue weighted by Crippen LogP contribution is -2.66. The van der Waals surface area contributed by atoms with Crippen molar-refractivity contribution in [2.24, 2.45) is 62.1 Å². The average molecular weight is 625 g/mol. The van der Waals surface area contributed by atoms with E-state index in [1.165, 1.54) is 56.9 Å². The Kier molecular flexibility index (Phi) is 8.86. The molecule has 254 valence electrons. The monoisotopic (exact) mass is 624 g/mol. The number of ketones is 1. The topological polar surface area (TPSA) is 80.7 Å². The van der Waals surface area contributed by atoms with E-state index in [4.69, 9.17) is 4.74 Å². The van der Waals surface area contributed by atoms with Crippen molar-refractivity contribution in [1.29, 1.82) is 0 Å². The van der Waals surface area contributed by atoms with Crippen LogP contribution in [-0.4, -0.2) is 28.9 Å². The van der Waals surface area contributed by atoms with Crippen LogP contribution in [0.5, 0.6) is 0 Å². The molecule has 1 N–H and O–H groups in total. The van der Waals surface area contributed by atoms with Gasteiger partial charge < -0.3 is 14.6 Å². The van der Waals surface area contributed by atoms with E-state index in [1.807, 2.05) is 13.8 Å². The first-order valence-corrected chi connectivity index (χ1v) is 18.3. The number of Topliss-reactive ketones (excluding diaryl/α,β-unsaturated/α-hetero) is 1. The molecule has 5 aliphatic carbocycles. The van der Waals surface area contributed by atoms with Crippen molar-refractivity contribution >= 4 is 17.7 Å². The number of carboxylic acids is 1. The zero-order chi connectivity index (χ0) is 33.4. The van der Waals surface area contributed by atoms with Crippen LogP contribution in [-0.2, 0) is 19.1 Å². The molecule has 0 aromatic rings. The minimum absolute atomic E-state index is 0.0390. The Balaban J connectivity index is 1.39. The summed E-state index contributed by atoms with van der Waals surface area (Å²) in [7, 11) is 0. The summed E-state index contributed by atoms with van der Waals surface area (Å²) in [4.78, 5) is 36.7. The number of aliphatic carboxylic acids is 1. The summed E-state index contributed by atoms with van der Waals surface area (Å²) in [6.07, 6.45) is 13.7. The lowest BCUT2D eigenvalue weighted by Gasteiger charge is -2.73. The van der Waals surface area contributed by atoms with Gasteiger partial charge in [-0.05, 0) is 141 Å². The van der Waals surface area contributed by atoms with Gasteiger partial charge in [-0.1, -0.05) is 60.6 Å². The molecule has 0 radical (unpaired) electrons. The molecule has 45 heavy (non-hydrogen) atoms. The van der Waals surface area contributed by atoms with Crippen molar-refractivity contribution in [3.63, 3.8) is 0 Å². The molecule has 5 saturated carbocycles. The Bertz CT molecular complexity index is 1210. The standard InChI is InChI=1S/C40H64O5/c1-25(2)27-14-20-40(19-13-26(3)41)22-21-38(9)28(34(27)40)11-12-30-37(8)17-16-31(36(6,7)29(37)15-18-39(30,38)10)45-33(44)24-35(4,5)23-32(42)43/h27-31,34H,1,11-24H2,2-10H3,(H,42,43)/t27-,28+,29-,30+,31-,34+,37-,38+,39+,40+/m0/s1. The van der Waals surface area contributed by atoms with Gasteiger partial charge >= 0.3 is 11.9 Å².